The third-order valence-electron chi connectivity index (χ3n) is 9.32. The monoisotopic (exact) mass is 688 g/mol. The summed E-state index contributed by atoms with van der Waals surface area (Å²) in [6.07, 6.45) is -1.60. The number of hydrogen-bond donors (Lipinski definition) is 2. The van der Waals surface area contributed by atoms with E-state index in [0.717, 1.165) is 24.4 Å². The normalized spacial score (nSPS) is 20.5. The number of fused-ring (bicyclic) bond motifs is 1. The van der Waals surface area contributed by atoms with Gasteiger partial charge in [-0.15, -0.1) is 4.72 Å². The first-order valence-corrected chi connectivity index (χ1v) is 21.2. The lowest BCUT2D eigenvalue weighted by Crippen LogP contribution is -2.46. The summed E-state index contributed by atoms with van der Waals surface area (Å²) >= 11 is -1.59. The Hall–Kier alpha value is -1.67. The molecule has 4 rings (SSSR count). The van der Waals surface area contributed by atoms with Crippen LogP contribution in [0.4, 0.5) is 17.6 Å². The van der Waals surface area contributed by atoms with Crippen molar-refractivity contribution in [1.29, 1.82) is 0 Å². The number of benzene rings is 1. The standard InChI is InChI=1S/C33H52F4N4O3SSi/c1-31(2,3)45(43)40-24(18-32(4,5)30(34)35)29-39-23-12-11-21(15-25(23)41(29)19-44-13-14-46(6,7)8)26(20-9-10-20)27(28(38)42)22-16-33(36,37)17-22/h11-12,15,20,22,24,26-27,30,40H,9-10,13-14,16-19H2,1-8H3,(H2,38,42)/t24-,26-,27+,45?/m0/s1. The Morgan fingerprint density at radius 2 is 1.80 bits per heavy atom. The second-order valence-electron chi connectivity index (χ2n) is 16.4. The van der Waals surface area contributed by atoms with Crippen LogP contribution in [0, 0.1) is 23.2 Å². The Bertz CT molecular complexity index is 1370. The van der Waals surface area contributed by atoms with Crippen LogP contribution in [0.2, 0.25) is 25.7 Å². The minimum absolute atomic E-state index is 0.0398. The molecule has 1 unspecified atom stereocenters. The van der Waals surface area contributed by atoms with E-state index in [0.29, 0.717) is 23.5 Å². The minimum atomic E-state index is -2.78. The molecule has 46 heavy (non-hydrogen) atoms. The number of nitrogens with two attached hydrogens (primary N) is 1. The van der Waals surface area contributed by atoms with E-state index < -0.39 is 65.7 Å². The van der Waals surface area contributed by atoms with Crippen LogP contribution in [0.1, 0.15) is 90.1 Å². The van der Waals surface area contributed by atoms with Crippen LogP contribution in [-0.2, 0) is 27.6 Å². The predicted molar refractivity (Wildman–Crippen MR) is 178 cm³/mol. The van der Waals surface area contributed by atoms with Gasteiger partial charge in [-0.05, 0) is 81.5 Å². The number of imidazole rings is 1. The smallest absolute Gasteiger partial charge is 0.248 e. The highest BCUT2D eigenvalue weighted by Crippen LogP contribution is 2.55. The molecule has 2 aliphatic carbocycles. The SMILES string of the molecule is CC(C)(C[C@H](N[S+]([O-])C(C)(C)C)c1nc2ccc([C@H](C3CC3)[C@H](C(N)=O)C3CC(F)(F)C3)cc2n1COCC[Si](C)(C)C)C(F)F. The lowest BCUT2D eigenvalue weighted by molar-refractivity contribution is -0.146. The number of ether oxygens (including phenoxy) is 1. The first-order valence-electron chi connectivity index (χ1n) is 16.3. The molecule has 2 aromatic rings. The largest absolute Gasteiger partial charge is 0.598 e. The molecule has 0 saturated heterocycles. The van der Waals surface area contributed by atoms with E-state index in [1.165, 1.54) is 13.8 Å². The highest BCUT2D eigenvalue weighted by Gasteiger charge is 2.54. The molecule has 1 aromatic carbocycles. The molecule has 13 heteroatoms. The Kier molecular flexibility index (Phi) is 11.0. The molecule has 0 spiro atoms. The number of rotatable bonds is 16. The molecule has 2 aliphatic rings. The molecule has 2 fully saturated rings. The number of nitrogens with one attached hydrogen (secondary N) is 1. The fourth-order valence-corrected chi connectivity index (χ4v) is 7.86. The average molecular weight is 689 g/mol. The highest BCUT2D eigenvalue weighted by atomic mass is 32.2. The number of carbonyl (C=O) groups excluding carboxylic acids is 1. The zero-order valence-corrected chi connectivity index (χ0v) is 30.3. The Balaban J connectivity index is 1.81. The van der Waals surface area contributed by atoms with Crippen molar-refractivity contribution in [3.8, 4) is 0 Å². The van der Waals surface area contributed by atoms with Crippen molar-refractivity contribution in [1.82, 2.24) is 14.3 Å². The van der Waals surface area contributed by atoms with Crippen LogP contribution in [0.15, 0.2) is 18.2 Å². The van der Waals surface area contributed by atoms with Crippen LogP contribution < -0.4 is 10.5 Å². The van der Waals surface area contributed by atoms with Crippen LogP contribution in [0.25, 0.3) is 11.0 Å². The zero-order chi connectivity index (χ0) is 34.4. The molecule has 0 bridgehead atoms. The first-order chi connectivity index (χ1) is 21.1. The number of hydrogen-bond acceptors (Lipinski definition) is 5. The lowest BCUT2D eigenvalue weighted by atomic mass is 9.65. The van der Waals surface area contributed by atoms with E-state index in [4.69, 9.17) is 15.5 Å². The molecular weight excluding hydrogens is 637 g/mol. The summed E-state index contributed by atoms with van der Waals surface area (Å²) in [5.41, 5.74) is 6.57. The van der Waals surface area contributed by atoms with Gasteiger partial charge in [0.25, 0.3) is 0 Å². The first kappa shape index (κ1) is 37.2. The number of carbonyl (C=O) groups is 1. The molecule has 2 saturated carbocycles. The van der Waals surface area contributed by atoms with Crippen molar-refractivity contribution in [3.63, 3.8) is 0 Å². The van der Waals surface area contributed by atoms with Crippen molar-refractivity contribution in [2.24, 2.45) is 28.9 Å². The number of aromatic nitrogens is 2. The van der Waals surface area contributed by atoms with Crippen LogP contribution in [-0.4, -0.2) is 51.8 Å². The van der Waals surface area contributed by atoms with Gasteiger partial charge in [-0.3, -0.25) is 4.79 Å². The Morgan fingerprint density at radius 3 is 2.30 bits per heavy atom. The van der Waals surface area contributed by atoms with Gasteiger partial charge >= 0.3 is 0 Å². The maximum Gasteiger partial charge on any atom is 0.248 e. The van der Waals surface area contributed by atoms with Gasteiger partial charge in [0.15, 0.2) is 0 Å². The van der Waals surface area contributed by atoms with Crippen molar-refractivity contribution in [2.75, 3.05) is 6.61 Å². The predicted octanol–water partition coefficient (Wildman–Crippen LogP) is 7.76. The maximum absolute atomic E-state index is 14.2. The molecule has 260 valence electrons. The van der Waals surface area contributed by atoms with Crippen molar-refractivity contribution < 1.29 is 31.6 Å². The Morgan fingerprint density at radius 1 is 1.17 bits per heavy atom. The number of primary amides is 1. The van der Waals surface area contributed by atoms with Gasteiger partial charge in [-0.25, -0.2) is 22.5 Å². The summed E-state index contributed by atoms with van der Waals surface area (Å²) in [6.45, 7) is 15.7. The van der Waals surface area contributed by atoms with Gasteiger partial charge in [0.05, 0.1) is 11.0 Å². The van der Waals surface area contributed by atoms with E-state index in [1.807, 2.05) is 43.5 Å². The summed E-state index contributed by atoms with van der Waals surface area (Å²) in [6, 6.07) is 5.76. The molecule has 4 atom stereocenters. The summed E-state index contributed by atoms with van der Waals surface area (Å²) in [4.78, 5) is 17.7. The second-order valence-corrected chi connectivity index (χ2v) is 24.0. The second kappa shape index (κ2) is 13.7. The van der Waals surface area contributed by atoms with Crippen molar-refractivity contribution in [3.05, 3.63) is 29.6 Å². The molecule has 1 aromatic heterocycles. The van der Waals surface area contributed by atoms with Gasteiger partial charge in [0, 0.05) is 50.2 Å². The topological polar surface area (TPSA) is 105 Å². The lowest BCUT2D eigenvalue weighted by Gasteiger charge is -2.42. The van der Waals surface area contributed by atoms with Gasteiger partial charge in [0.2, 0.25) is 18.3 Å². The molecule has 1 heterocycles. The molecule has 0 aliphatic heterocycles. The molecular formula is C33H52F4N4O3SSi. The third kappa shape index (κ3) is 9.06. The minimum Gasteiger partial charge on any atom is -0.598 e. The number of alkyl halides is 4. The van der Waals surface area contributed by atoms with E-state index >= 15 is 0 Å². The summed E-state index contributed by atoms with van der Waals surface area (Å²) in [7, 11) is -1.41. The van der Waals surface area contributed by atoms with Crippen molar-refractivity contribution in [2.45, 2.75) is 128 Å². The van der Waals surface area contributed by atoms with E-state index in [-0.39, 0.29) is 37.8 Å². The summed E-state index contributed by atoms with van der Waals surface area (Å²) in [5, 5.41) is 0. The zero-order valence-electron chi connectivity index (χ0n) is 28.5. The highest BCUT2D eigenvalue weighted by molar-refractivity contribution is 7.90. The Labute approximate surface area is 275 Å². The van der Waals surface area contributed by atoms with E-state index in [1.54, 1.807) is 0 Å². The third-order valence-corrected chi connectivity index (χ3v) is 12.6. The molecule has 0 radical (unpaired) electrons. The van der Waals surface area contributed by atoms with Gasteiger partial charge in [-0.2, -0.15) is 0 Å². The fraction of sp³-hybridized carbons (Fsp3) is 0.758. The maximum atomic E-state index is 14.2. The molecule has 7 nitrogen and oxygen atoms in total. The van der Waals surface area contributed by atoms with Gasteiger partial charge in [0.1, 0.15) is 23.3 Å². The van der Waals surface area contributed by atoms with Crippen molar-refractivity contribution >= 4 is 36.4 Å². The van der Waals surface area contributed by atoms with E-state index in [2.05, 4.69) is 24.4 Å². The molecule has 1 amide bonds. The number of nitrogens with zero attached hydrogens (tertiary/aromatic N) is 2. The number of amides is 1. The van der Waals surface area contributed by atoms with Gasteiger partial charge < -0.3 is 19.6 Å². The molecule has 3 N–H and O–H groups in total. The van der Waals surface area contributed by atoms with E-state index in [9.17, 15) is 26.9 Å². The quantitative estimate of drug-likeness (QED) is 0.0812. The summed E-state index contributed by atoms with van der Waals surface area (Å²) in [5.74, 6) is -4.28. The van der Waals surface area contributed by atoms with Crippen LogP contribution in [0.5, 0.6) is 0 Å². The van der Waals surface area contributed by atoms with Crippen LogP contribution in [0.3, 0.4) is 0 Å². The average Bonchev–Trinajstić information content (AvgIpc) is 3.66. The fourth-order valence-electron chi connectivity index (χ4n) is 6.30. The van der Waals surface area contributed by atoms with Crippen LogP contribution >= 0.6 is 0 Å². The summed E-state index contributed by atoms with van der Waals surface area (Å²) < 4.78 is 80.1. The number of halogens is 4. The van der Waals surface area contributed by atoms with Gasteiger partial charge in [-0.1, -0.05) is 39.6 Å².